The first-order chi connectivity index (χ1) is 6.78. The zero-order valence-corrected chi connectivity index (χ0v) is 8.44. The minimum absolute atomic E-state index is 0.0152. The van der Waals surface area contributed by atoms with Gasteiger partial charge in [0.2, 0.25) is 0 Å². The number of ether oxygens (including phenoxy) is 1. The molecular weight excluding hydrogens is 176 g/mol. The molecule has 0 saturated carbocycles. The molecule has 0 radical (unpaired) electrons. The average Bonchev–Trinajstić information content (AvgIpc) is 2.18. The molecule has 0 spiro atoms. The van der Waals surface area contributed by atoms with Gasteiger partial charge in [0.15, 0.2) is 0 Å². The fourth-order valence-corrected chi connectivity index (χ4v) is 1.71. The summed E-state index contributed by atoms with van der Waals surface area (Å²) in [6.07, 6.45) is 0. The monoisotopic (exact) mass is 192 g/mol. The van der Waals surface area contributed by atoms with E-state index in [1.54, 1.807) is 0 Å². The summed E-state index contributed by atoms with van der Waals surface area (Å²) in [5.74, 6) is 0. The van der Waals surface area contributed by atoms with Crippen LogP contribution in [0.25, 0.3) is 0 Å². The maximum Gasteiger partial charge on any atom is 0.0985 e. The lowest BCUT2D eigenvalue weighted by molar-refractivity contribution is -0.0503. The van der Waals surface area contributed by atoms with Gasteiger partial charge in [0.1, 0.15) is 0 Å². The van der Waals surface area contributed by atoms with Crippen LogP contribution in [0.2, 0.25) is 0 Å². The predicted molar refractivity (Wildman–Crippen MR) is 57.4 cm³/mol. The molecule has 1 aliphatic rings. The van der Waals surface area contributed by atoms with Gasteiger partial charge >= 0.3 is 0 Å². The highest BCUT2D eigenvalue weighted by Gasteiger charge is 2.41. The zero-order chi connectivity index (χ0) is 10.0. The summed E-state index contributed by atoms with van der Waals surface area (Å²) in [7, 11) is 2.07. The van der Waals surface area contributed by atoms with Gasteiger partial charge in [0.25, 0.3) is 0 Å². The summed E-state index contributed by atoms with van der Waals surface area (Å²) in [6.45, 7) is 2.10. The third-order valence-electron chi connectivity index (χ3n) is 2.98. The van der Waals surface area contributed by atoms with Crippen molar-refractivity contribution >= 4 is 5.69 Å². The summed E-state index contributed by atoms with van der Waals surface area (Å²) < 4.78 is 5.25. The van der Waals surface area contributed by atoms with Crippen LogP contribution in [0, 0.1) is 0 Å². The van der Waals surface area contributed by atoms with Crippen molar-refractivity contribution < 1.29 is 4.74 Å². The van der Waals surface area contributed by atoms with E-state index in [1.807, 2.05) is 18.2 Å². The predicted octanol–water partition coefficient (Wildman–Crippen LogP) is 0.851. The van der Waals surface area contributed by atoms with E-state index in [2.05, 4.69) is 24.1 Å². The Hall–Kier alpha value is -1.06. The van der Waals surface area contributed by atoms with Crippen molar-refractivity contribution in [2.45, 2.75) is 5.54 Å². The molecule has 76 valence electrons. The van der Waals surface area contributed by atoms with Crippen LogP contribution in [-0.2, 0) is 4.74 Å². The van der Waals surface area contributed by atoms with Gasteiger partial charge in [-0.25, -0.2) is 0 Å². The summed E-state index contributed by atoms with van der Waals surface area (Å²) in [5, 5.41) is 0. The first-order valence-electron chi connectivity index (χ1n) is 4.85. The number of rotatable bonds is 3. The number of hydrogen-bond acceptors (Lipinski definition) is 3. The minimum atomic E-state index is 0.0152. The van der Waals surface area contributed by atoms with Crippen LogP contribution in [-0.4, -0.2) is 32.3 Å². The molecule has 1 fully saturated rings. The fourth-order valence-electron chi connectivity index (χ4n) is 1.71. The average molecular weight is 192 g/mol. The van der Waals surface area contributed by atoms with E-state index in [9.17, 15) is 0 Å². The van der Waals surface area contributed by atoms with Gasteiger partial charge in [0.05, 0.1) is 18.8 Å². The highest BCUT2D eigenvalue weighted by Crippen LogP contribution is 2.27. The van der Waals surface area contributed by atoms with Crippen molar-refractivity contribution in [3.8, 4) is 0 Å². The van der Waals surface area contributed by atoms with Crippen LogP contribution in [0.5, 0.6) is 0 Å². The molecule has 1 aromatic carbocycles. The number of para-hydroxylation sites is 1. The summed E-state index contributed by atoms with van der Waals surface area (Å²) >= 11 is 0. The zero-order valence-electron chi connectivity index (χ0n) is 8.44. The minimum Gasteiger partial charge on any atom is -0.376 e. The summed E-state index contributed by atoms with van der Waals surface area (Å²) in [5.41, 5.74) is 7.00. The lowest BCUT2D eigenvalue weighted by Gasteiger charge is -2.48. The van der Waals surface area contributed by atoms with E-state index >= 15 is 0 Å². The maximum absolute atomic E-state index is 5.79. The quantitative estimate of drug-likeness (QED) is 0.771. The van der Waals surface area contributed by atoms with Gasteiger partial charge in [-0.3, -0.25) is 0 Å². The van der Waals surface area contributed by atoms with Crippen molar-refractivity contribution in [3.05, 3.63) is 30.3 Å². The SMILES string of the molecule is CN(c1ccccc1)C1(CN)COC1. The van der Waals surface area contributed by atoms with Gasteiger partial charge < -0.3 is 15.4 Å². The van der Waals surface area contributed by atoms with E-state index < -0.39 is 0 Å². The van der Waals surface area contributed by atoms with Crippen LogP contribution in [0.4, 0.5) is 5.69 Å². The fraction of sp³-hybridized carbons (Fsp3) is 0.455. The number of nitrogens with zero attached hydrogens (tertiary/aromatic N) is 1. The van der Waals surface area contributed by atoms with E-state index in [0.717, 1.165) is 13.2 Å². The molecule has 0 aromatic heterocycles. The highest BCUT2D eigenvalue weighted by atomic mass is 16.5. The highest BCUT2D eigenvalue weighted by molar-refractivity contribution is 5.49. The molecule has 3 nitrogen and oxygen atoms in total. The van der Waals surface area contributed by atoms with Crippen LogP contribution in [0.1, 0.15) is 0 Å². The van der Waals surface area contributed by atoms with Crippen molar-refractivity contribution in [2.75, 3.05) is 31.7 Å². The molecular formula is C11H16N2O. The van der Waals surface area contributed by atoms with E-state index in [-0.39, 0.29) is 5.54 Å². The normalized spacial score (nSPS) is 18.7. The van der Waals surface area contributed by atoms with E-state index in [0.29, 0.717) is 6.54 Å². The van der Waals surface area contributed by atoms with Gasteiger partial charge in [-0.15, -0.1) is 0 Å². The standard InChI is InChI=1S/C11H16N2O/c1-13(10-5-3-2-4-6-10)11(7-12)8-14-9-11/h2-6H,7-9,12H2,1H3. The second-order valence-electron chi connectivity index (χ2n) is 3.82. The topological polar surface area (TPSA) is 38.5 Å². The van der Waals surface area contributed by atoms with Crippen LogP contribution in [0.3, 0.4) is 0 Å². The lowest BCUT2D eigenvalue weighted by Crippen LogP contribution is -2.65. The number of benzene rings is 1. The van der Waals surface area contributed by atoms with Gasteiger partial charge in [-0.05, 0) is 12.1 Å². The van der Waals surface area contributed by atoms with Crippen molar-refractivity contribution in [2.24, 2.45) is 5.73 Å². The molecule has 0 bridgehead atoms. The number of hydrogen-bond donors (Lipinski definition) is 1. The third-order valence-corrected chi connectivity index (χ3v) is 2.98. The molecule has 1 aromatic rings. The Morgan fingerprint density at radius 2 is 2.00 bits per heavy atom. The largest absolute Gasteiger partial charge is 0.376 e. The molecule has 0 aliphatic carbocycles. The van der Waals surface area contributed by atoms with E-state index in [1.165, 1.54) is 5.69 Å². The van der Waals surface area contributed by atoms with Crippen LogP contribution < -0.4 is 10.6 Å². The second kappa shape index (κ2) is 3.59. The smallest absolute Gasteiger partial charge is 0.0985 e. The van der Waals surface area contributed by atoms with Gasteiger partial charge in [-0.1, -0.05) is 18.2 Å². The first-order valence-corrected chi connectivity index (χ1v) is 4.85. The molecule has 14 heavy (non-hydrogen) atoms. The molecule has 1 aliphatic heterocycles. The lowest BCUT2D eigenvalue weighted by atomic mass is 9.95. The third kappa shape index (κ3) is 1.38. The molecule has 0 unspecified atom stereocenters. The number of nitrogens with two attached hydrogens (primary N) is 1. The Labute approximate surface area is 84.5 Å². The molecule has 1 heterocycles. The van der Waals surface area contributed by atoms with Gasteiger partial charge in [-0.2, -0.15) is 0 Å². The summed E-state index contributed by atoms with van der Waals surface area (Å²) in [6, 6.07) is 10.3. The molecule has 0 atom stereocenters. The van der Waals surface area contributed by atoms with E-state index in [4.69, 9.17) is 10.5 Å². The Kier molecular flexibility index (Phi) is 2.44. The van der Waals surface area contributed by atoms with Crippen LogP contribution >= 0.6 is 0 Å². The molecule has 3 heteroatoms. The number of likely N-dealkylation sites (N-methyl/N-ethyl adjacent to an activating group) is 1. The Bertz CT molecular complexity index is 290. The Morgan fingerprint density at radius 3 is 2.43 bits per heavy atom. The van der Waals surface area contributed by atoms with Crippen LogP contribution in [0.15, 0.2) is 30.3 Å². The second-order valence-corrected chi connectivity index (χ2v) is 3.82. The van der Waals surface area contributed by atoms with Gasteiger partial charge in [0, 0.05) is 19.3 Å². The Morgan fingerprint density at radius 1 is 1.36 bits per heavy atom. The summed E-state index contributed by atoms with van der Waals surface area (Å²) in [4.78, 5) is 2.22. The maximum atomic E-state index is 5.79. The molecule has 2 rings (SSSR count). The van der Waals surface area contributed by atoms with Crippen molar-refractivity contribution in [1.29, 1.82) is 0 Å². The van der Waals surface area contributed by atoms with Crippen molar-refractivity contribution in [3.63, 3.8) is 0 Å². The van der Waals surface area contributed by atoms with Crippen molar-refractivity contribution in [1.82, 2.24) is 0 Å². The Balaban J connectivity index is 2.19. The molecule has 2 N–H and O–H groups in total. The molecule has 0 amide bonds. The molecule has 1 saturated heterocycles. The number of anilines is 1. The first kappa shape index (κ1) is 9.49.